The van der Waals surface area contributed by atoms with Crippen LogP contribution in [0.1, 0.15) is 39.0 Å². The summed E-state index contributed by atoms with van der Waals surface area (Å²) in [5, 5.41) is 5.06. The Morgan fingerprint density at radius 1 is 0.667 bits per heavy atom. The SMILES string of the molecule is CC(=Nc1ccc(C(C)(C)C)cc1)c1ccc2cccc(P(c3ccccc3)c3ccccc3)c2n1. The minimum Gasteiger partial charge on any atom is -0.252 e. The van der Waals surface area contributed by atoms with Gasteiger partial charge in [-0.2, -0.15) is 0 Å². The average Bonchev–Trinajstić information content (AvgIpc) is 2.90. The molecule has 178 valence electrons. The van der Waals surface area contributed by atoms with Crippen molar-refractivity contribution in [1.82, 2.24) is 4.98 Å². The van der Waals surface area contributed by atoms with Gasteiger partial charge in [0, 0.05) is 10.7 Å². The molecular formula is C33H31N2P. The lowest BCUT2D eigenvalue weighted by atomic mass is 9.87. The van der Waals surface area contributed by atoms with E-state index in [2.05, 4.69) is 136 Å². The molecule has 0 aliphatic heterocycles. The maximum atomic E-state index is 5.19. The highest BCUT2D eigenvalue weighted by molar-refractivity contribution is 7.80. The molecule has 0 spiro atoms. The van der Waals surface area contributed by atoms with Crippen LogP contribution in [0.2, 0.25) is 0 Å². The van der Waals surface area contributed by atoms with Crippen LogP contribution in [-0.2, 0) is 5.41 Å². The van der Waals surface area contributed by atoms with Gasteiger partial charge in [-0.1, -0.05) is 118 Å². The van der Waals surface area contributed by atoms with Gasteiger partial charge in [-0.15, -0.1) is 0 Å². The van der Waals surface area contributed by atoms with Crippen molar-refractivity contribution in [2.75, 3.05) is 0 Å². The molecule has 0 bridgehead atoms. The maximum absolute atomic E-state index is 5.19. The van der Waals surface area contributed by atoms with Gasteiger partial charge in [0.05, 0.1) is 22.6 Å². The molecule has 0 saturated carbocycles. The molecule has 0 fully saturated rings. The monoisotopic (exact) mass is 486 g/mol. The summed E-state index contributed by atoms with van der Waals surface area (Å²) in [6, 6.07) is 40.9. The van der Waals surface area contributed by atoms with E-state index >= 15 is 0 Å². The van der Waals surface area contributed by atoms with Gasteiger partial charge in [0.15, 0.2) is 0 Å². The predicted molar refractivity (Wildman–Crippen MR) is 157 cm³/mol. The lowest BCUT2D eigenvalue weighted by molar-refractivity contribution is 0.590. The Balaban J connectivity index is 1.59. The van der Waals surface area contributed by atoms with Crippen molar-refractivity contribution in [3.63, 3.8) is 0 Å². The van der Waals surface area contributed by atoms with Gasteiger partial charge in [-0.3, -0.25) is 4.99 Å². The summed E-state index contributed by atoms with van der Waals surface area (Å²) in [7, 11) is -0.743. The van der Waals surface area contributed by atoms with Crippen LogP contribution in [0.4, 0.5) is 5.69 Å². The highest BCUT2D eigenvalue weighted by Crippen LogP contribution is 2.35. The van der Waals surface area contributed by atoms with Crippen molar-refractivity contribution in [3.8, 4) is 0 Å². The van der Waals surface area contributed by atoms with Crippen molar-refractivity contribution < 1.29 is 0 Å². The molecule has 0 aliphatic rings. The largest absolute Gasteiger partial charge is 0.252 e. The molecule has 36 heavy (non-hydrogen) atoms. The van der Waals surface area contributed by atoms with Gasteiger partial charge in [0.25, 0.3) is 0 Å². The van der Waals surface area contributed by atoms with Gasteiger partial charge in [-0.25, -0.2) is 4.98 Å². The zero-order valence-corrected chi connectivity index (χ0v) is 22.2. The number of pyridine rings is 1. The van der Waals surface area contributed by atoms with Gasteiger partial charge in [0.1, 0.15) is 0 Å². The fraction of sp³-hybridized carbons (Fsp3) is 0.152. The number of benzene rings is 4. The number of nitrogens with zero attached hydrogens (tertiary/aromatic N) is 2. The lowest BCUT2D eigenvalue weighted by Gasteiger charge is -2.21. The first-order valence-corrected chi connectivity index (χ1v) is 13.7. The number of aromatic nitrogens is 1. The highest BCUT2D eigenvalue weighted by Gasteiger charge is 2.20. The van der Waals surface area contributed by atoms with Crippen LogP contribution in [0.25, 0.3) is 10.9 Å². The Kier molecular flexibility index (Phi) is 6.81. The Bertz CT molecular complexity index is 1460. The molecule has 5 rings (SSSR count). The topological polar surface area (TPSA) is 25.2 Å². The van der Waals surface area contributed by atoms with Crippen LogP contribution in [-0.4, -0.2) is 10.7 Å². The van der Waals surface area contributed by atoms with E-state index in [9.17, 15) is 0 Å². The predicted octanol–water partition coefficient (Wildman–Crippen LogP) is 7.43. The fourth-order valence-corrected chi connectivity index (χ4v) is 6.80. The zero-order valence-electron chi connectivity index (χ0n) is 21.3. The molecule has 0 aliphatic carbocycles. The van der Waals surface area contributed by atoms with Crippen molar-refractivity contribution in [1.29, 1.82) is 0 Å². The van der Waals surface area contributed by atoms with Crippen LogP contribution in [0, 0.1) is 0 Å². The van der Waals surface area contributed by atoms with E-state index in [1.165, 1.54) is 21.5 Å². The van der Waals surface area contributed by atoms with Crippen LogP contribution in [0.3, 0.4) is 0 Å². The Hall–Kier alpha value is -3.61. The van der Waals surface area contributed by atoms with E-state index in [-0.39, 0.29) is 5.41 Å². The third-order valence-corrected chi connectivity index (χ3v) is 8.84. The number of aliphatic imine (C=N–C) groups is 1. The summed E-state index contributed by atoms with van der Waals surface area (Å²) < 4.78 is 0. The third kappa shape index (κ3) is 5.15. The maximum Gasteiger partial charge on any atom is 0.0849 e. The van der Waals surface area contributed by atoms with E-state index in [0.29, 0.717) is 0 Å². The van der Waals surface area contributed by atoms with Crippen LogP contribution >= 0.6 is 7.92 Å². The quantitative estimate of drug-likeness (QED) is 0.187. The minimum absolute atomic E-state index is 0.128. The number of hydrogen-bond acceptors (Lipinski definition) is 2. The average molecular weight is 487 g/mol. The lowest BCUT2D eigenvalue weighted by Crippen LogP contribution is -2.22. The number of para-hydroxylation sites is 1. The molecule has 5 aromatic rings. The van der Waals surface area contributed by atoms with Crippen LogP contribution < -0.4 is 15.9 Å². The second-order valence-corrected chi connectivity index (χ2v) is 12.2. The Morgan fingerprint density at radius 3 is 1.86 bits per heavy atom. The van der Waals surface area contributed by atoms with Crippen molar-refractivity contribution in [3.05, 3.63) is 127 Å². The van der Waals surface area contributed by atoms with E-state index < -0.39 is 7.92 Å². The first-order chi connectivity index (χ1) is 17.4. The molecule has 1 heterocycles. The zero-order chi connectivity index (χ0) is 25.1. The third-order valence-electron chi connectivity index (χ3n) is 6.37. The molecule has 0 amide bonds. The van der Waals surface area contributed by atoms with E-state index in [1.54, 1.807) is 0 Å². The summed E-state index contributed by atoms with van der Waals surface area (Å²) in [6.07, 6.45) is 0. The van der Waals surface area contributed by atoms with Gasteiger partial charge >= 0.3 is 0 Å². The second kappa shape index (κ2) is 10.2. The molecule has 3 heteroatoms. The van der Waals surface area contributed by atoms with E-state index in [0.717, 1.165) is 28.0 Å². The molecule has 0 atom stereocenters. The Morgan fingerprint density at radius 2 is 1.28 bits per heavy atom. The number of hydrogen-bond donors (Lipinski definition) is 0. The van der Waals surface area contributed by atoms with Gasteiger partial charge in [0.2, 0.25) is 0 Å². The normalized spacial score (nSPS) is 12.3. The van der Waals surface area contributed by atoms with Crippen molar-refractivity contribution in [2.45, 2.75) is 33.1 Å². The first-order valence-electron chi connectivity index (χ1n) is 12.4. The number of fused-ring (bicyclic) bond motifs is 1. The van der Waals surface area contributed by atoms with Crippen LogP contribution in [0.5, 0.6) is 0 Å². The van der Waals surface area contributed by atoms with E-state index in [1.807, 2.05) is 6.92 Å². The molecule has 1 aromatic heterocycles. The fourth-order valence-electron chi connectivity index (χ4n) is 4.38. The molecule has 2 nitrogen and oxygen atoms in total. The summed E-state index contributed by atoms with van der Waals surface area (Å²) in [5.74, 6) is 0. The molecular weight excluding hydrogens is 455 g/mol. The first kappa shape index (κ1) is 24.1. The summed E-state index contributed by atoms with van der Waals surface area (Å²) >= 11 is 0. The molecule has 0 saturated heterocycles. The molecule has 0 unspecified atom stereocenters. The molecule has 4 aromatic carbocycles. The smallest absolute Gasteiger partial charge is 0.0849 e. The minimum atomic E-state index is -0.743. The second-order valence-electron chi connectivity index (χ2n) is 10.0. The standard InChI is InChI=1S/C33H31N2P/c1-24(34-27-21-19-26(20-22-27)33(2,3)4)30-23-18-25-12-11-17-31(32(25)35-30)36(28-13-7-5-8-14-28)29-15-9-6-10-16-29/h5-23H,1-4H3. The highest BCUT2D eigenvalue weighted by atomic mass is 31.1. The Labute approximate surface area is 215 Å². The summed E-state index contributed by atoms with van der Waals surface area (Å²) in [4.78, 5) is 10.1. The van der Waals surface area contributed by atoms with Gasteiger partial charge in [-0.05, 0) is 54.6 Å². The summed E-state index contributed by atoms with van der Waals surface area (Å²) in [5.41, 5.74) is 5.26. The van der Waals surface area contributed by atoms with Crippen molar-refractivity contribution in [2.24, 2.45) is 4.99 Å². The number of rotatable bonds is 5. The summed E-state index contributed by atoms with van der Waals surface area (Å²) in [6.45, 7) is 8.73. The van der Waals surface area contributed by atoms with Gasteiger partial charge < -0.3 is 0 Å². The van der Waals surface area contributed by atoms with E-state index in [4.69, 9.17) is 9.98 Å². The molecule has 0 N–H and O–H groups in total. The van der Waals surface area contributed by atoms with Crippen molar-refractivity contribution >= 4 is 46.1 Å². The molecule has 0 radical (unpaired) electrons. The van der Waals surface area contributed by atoms with Crippen LogP contribution in [0.15, 0.2) is 120 Å².